The smallest absolute Gasteiger partial charge is 0.257 e. The molecule has 7 nitrogen and oxygen atoms in total. The largest absolute Gasteiger partial charge is 0.488 e. The number of nitrogens with one attached hydrogen (secondary N) is 2. The van der Waals surface area contributed by atoms with Gasteiger partial charge in [-0.25, -0.2) is 4.98 Å². The van der Waals surface area contributed by atoms with E-state index in [2.05, 4.69) is 26.6 Å². The zero-order chi connectivity index (χ0) is 21.9. The van der Waals surface area contributed by atoms with Crippen molar-refractivity contribution in [2.24, 2.45) is 0 Å². The third-order valence-corrected chi connectivity index (χ3v) is 6.74. The van der Waals surface area contributed by atoms with Crippen LogP contribution in [0.15, 0.2) is 48.5 Å². The quantitative estimate of drug-likeness (QED) is 0.624. The van der Waals surface area contributed by atoms with Gasteiger partial charge in [0.05, 0.1) is 23.9 Å². The molecular weight excluding hydrogens is 422 g/mol. The summed E-state index contributed by atoms with van der Waals surface area (Å²) in [6.07, 6.45) is 1.84. The predicted molar refractivity (Wildman–Crippen MR) is 124 cm³/mol. The first-order valence-corrected chi connectivity index (χ1v) is 11.5. The molecule has 0 spiro atoms. The molecule has 0 bridgehead atoms. The molecule has 0 radical (unpaired) electrons. The van der Waals surface area contributed by atoms with E-state index in [4.69, 9.17) is 10.00 Å². The number of thiazole rings is 1. The molecule has 2 aromatic carbocycles. The van der Waals surface area contributed by atoms with Crippen LogP contribution < -0.4 is 20.3 Å². The van der Waals surface area contributed by atoms with Gasteiger partial charge in [-0.05, 0) is 42.5 Å². The van der Waals surface area contributed by atoms with Gasteiger partial charge in [0.1, 0.15) is 11.9 Å². The van der Waals surface area contributed by atoms with E-state index in [0.717, 1.165) is 50.4 Å². The number of ether oxygens (including phenoxy) is 1. The number of hydrogen-bond donors (Lipinski definition) is 2. The molecule has 0 aliphatic carbocycles. The van der Waals surface area contributed by atoms with Crippen molar-refractivity contribution in [2.75, 3.05) is 29.9 Å². The number of fused-ring (bicyclic) bond motifs is 1. The molecule has 5 rings (SSSR count). The van der Waals surface area contributed by atoms with Crippen molar-refractivity contribution in [1.29, 1.82) is 5.26 Å². The van der Waals surface area contributed by atoms with E-state index in [1.807, 2.05) is 36.4 Å². The summed E-state index contributed by atoms with van der Waals surface area (Å²) in [6, 6.07) is 17.1. The molecule has 2 aliphatic rings. The first-order chi connectivity index (χ1) is 15.7. The average Bonchev–Trinajstić information content (AvgIpc) is 3.46. The third kappa shape index (κ3) is 4.44. The zero-order valence-corrected chi connectivity index (χ0v) is 18.3. The van der Waals surface area contributed by atoms with Crippen molar-refractivity contribution in [3.63, 3.8) is 0 Å². The van der Waals surface area contributed by atoms with Crippen molar-refractivity contribution in [2.45, 2.75) is 25.5 Å². The van der Waals surface area contributed by atoms with E-state index in [-0.39, 0.29) is 12.0 Å². The molecule has 8 heteroatoms. The summed E-state index contributed by atoms with van der Waals surface area (Å²) < 4.78 is 6.18. The topological polar surface area (TPSA) is 90.3 Å². The van der Waals surface area contributed by atoms with Gasteiger partial charge in [-0.2, -0.15) is 5.26 Å². The lowest BCUT2D eigenvalue weighted by molar-refractivity contribution is 0.102. The molecule has 1 saturated heterocycles. The second kappa shape index (κ2) is 8.99. The minimum atomic E-state index is -0.180. The monoisotopic (exact) mass is 445 g/mol. The standard InChI is InChI=1S/C24H23N5O2S/c25-13-16-4-6-18(7-5-16)29-11-9-20(15-29)31-19-3-1-2-17(12-19)23(30)28-24-27-21-8-10-26-14-22(21)32-24/h1-7,12,20,26H,8-11,14-15H2,(H,27,28,30)/t20-/m0/s1. The Balaban J connectivity index is 1.21. The number of carbonyl (C=O) groups excluding carboxylic acids is 1. The maximum Gasteiger partial charge on any atom is 0.257 e. The Kier molecular flexibility index (Phi) is 5.75. The zero-order valence-electron chi connectivity index (χ0n) is 17.5. The molecule has 0 unspecified atom stereocenters. The van der Waals surface area contributed by atoms with Crippen LogP contribution in [0.5, 0.6) is 5.75 Å². The molecule has 162 valence electrons. The molecule has 2 N–H and O–H groups in total. The lowest BCUT2D eigenvalue weighted by Crippen LogP contribution is -2.24. The van der Waals surface area contributed by atoms with Crippen molar-refractivity contribution >= 4 is 28.1 Å². The third-order valence-electron chi connectivity index (χ3n) is 5.73. The van der Waals surface area contributed by atoms with E-state index in [1.54, 1.807) is 12.1 Å². The SMILES string of the molecule is N#Cc1ccc(N2CC[C@H](Oc3cccc(C(=O)Nc4nc5c(s4)CNCC5)c3)C2)cc1. The van der Waals surface area contributed by atoms with Crippen molar-refractivity contribution in [3.05, 3.63) is 70.2 Å². The number of aromatic nitrogens is 1. The van der Waals surface area contributed by atoms with Crippen molar-refractivity contribution in [1.82, 2.24) is 10.3 Å². The number of nitrogens with zero attached hydrogens (tertiary/aromatic N) is 3. The fourth-order valence-corrected chi connectivity index (χ4v) is 5.03. The van der Waals surface area contributed by atoms with Gasteiger partial charge in [-0.15, -0.1) is 11.3 Å². The first-order valence-electron chi connectivity index (χ1n) is 10.7. The fraction of sp³-hybridized carbons (Fsp3) is 0.292. The molecule has 0 saturated carbocycles. The number of hydrogen-bond acceptors (Lipinski definition) is 7. The Labute approximate surface area is 190 Å². The van der Waals surface area contributed by atoms with Gasteiger partial charge in [0.25, 0.3) is 5.91 Å². The fourth-order valence-electron chi connectivity index (χ4n) is 4.06. The van der Waals surface area contributed by atoms with Gasteiger partial charge in [0.2, 0.25) is 0 Å². The van der Waals surface area contributed by atoms with Gasteiger partial charge < -0.3 is 15.0 Å². The summed E-state index contributed by atoms with van der Waals surface area (Å²) >= 11 is 1.53. The van der Waals surface area contributed by atoms with Crippen LogP contribution in [0.2, 0.25) is 0 Å². The van der Waals surface area contributed by atoms with Crippen LogP contribution in [0.4, 0.5) is 10.8 Å². The summed E-state index contributed by atoms with van der Waals surface area (Å²) in [4.78, 5) is 20.8. The number of benzene rings is 2. The summed E-state index contributed by atoms with van der Waals surface area (Å²) in [5.74, 6) is 0.507. The Bertz CT molecular complexity index is 1140. The number of rotatable bonds is 5. The van der Waals surface area contributed by atoms with E-state index in [1.165, 1.54) is 16.2 Å². The molecule has 32 heavy (non-hydrogen) atoms. The number of carbonyl (C=O) groups is 1. The Morgan fingerprint density at radius 3 is 2.97 bits per heavy atom. The molecule has 1 amide bonds. The van der Waals surface area contributed by atoms with Crippen LogP contribution >= 0.6 is 11.3 Å². The van der Waals surface area contributed by atoms with Crippen LogP contribution in [0.25, 0.3) is 0 Å². The highest BCUT2D eigenvalue weighted by molar-refractivity contribution is 7.15. The highest BCUT2D eigenvalue weighted by atomic mass is 32.1. The average molecular weight is 446 g/mol. The van der Waals surface area contributed by atoms with E-state index >= 15 is 0 Å². The van der Waals surface area contributed by atoms with Crippen LogP contribution in [0.1, 0.15) is 32.9 Å². The van der Waals surface area contributed by atoms with Crippen LogP contribution in [0, 0.1) is 11.3 Å². The first kappa shape index (κ1) is 20.5. The number of amides is 1. The lowest BCUT2D eigenvalue weighted by Gasteiger charge is -2.19. The molecule has 3 heterocycles. The van der Waals surface area contributed by atoms with E-state index < -0.39 is 0 Å². The maximum atomic E-state index is 12.8. The van der Waals surface area contributed by atoms with Gasteiger partial charge >= 0.3 is 0 Å². The van der Waals surface area contributed by atoms with Gasteiger partial charge in [-0.3, -0.25) is 10.1 Å². The Morgan fingerprint density at radius 2 is 2.16 bits per heavy atom. The molecule has 1 aromatic heterocycles. The Morgan fingerprint density at radius 1 is 1.28 bits per heavy atom. The molecule has 1 atom stereocenters. The van der Waals surface area contributed by atoms with E-state index in [0.29, 0.717) is 22.0 Å². The van der Waals surface area contributed by atoms with Crippen molar-refractivity contribution < 1.29 is 9.53 Å². The molecule has 2 aliphatic heterocycles. The van der Waals surface area contributed by atoms with Gasteiger partial charge in [-0.1, -0.05) is 6.07 Å². The summed E-state index contributed by atoms with van der Waals surface area (Å²) in [7, 11) is 0. The van der Waals surface area contributed by atoms with Crippen molar-refractivity contribution in [3.8, 4) is 11.8 Å². The predicted octanol–water partition coefficient (Wildman–Crippen LogP) is 3.57. The second-order valence-corrected chi connectivity index (χ2v) is 9.01. The second-order valence-electron chi connectivity index (χ2n) is 7.93. The van der Waals surface area contributed by atoms with Crippen LogP contribution in [0.3, 0.4) is 0 Å². The maximum absolute atomic E-state index is 12.8. The summed E-state index contributed by atoms with van der Waals surface area (Å²) in [5, 5.41) is 15.9. The number of nitriles is 1. The highest BCUT2D eigenvalue weighted by Crippen LogP contribution is 2.27. The molecule has 3 aromatic rings. The highest BCUT2D eigenvalue weighted by Gasteiger charge is 2.24. The molecule has 1 fully saturated rings. The molecular formula is C24H23N5O2S. The number of anilines is 2. The van der Waals surface area contributed by atoms with Crippen LogP contribution in [-0.4, -0.2) is 36.6 Å². The normalized spacial score (nSPS) is 17.5. The Hall–Kier alpha value is -3.41. The summed E-state index contributed by atoms with van der Waals surface area (Å²) in [5.41, 5.74) is 3.37. The van der Waals surface area contributed by atoms with Gasteiger partial charge in [0.15, 0.2) is 5.13 Å². The minimum absolute atomic E-state index is 0.0436. The van der Waals surface area contributed by atoms with Crippen LogP contribution in [-0.2, 0) is 13.0 Å². The van der Waals surface area contributed by atoms with Gasteiger partial charge in [0, 0.05) is 48.6 Å². The lowest BCUT2D eigenvalue weighted by atomic mass is 10.2. The summed E-state index contributed by atoms with van der Waals surface area (Å²) in [6.45, 7) is 3.39. The minimum Gasteiger partial charge on any atom is -0.488 e. The van der Waals surface area contributed by atoms with E-state index in [9.17, 15) is 4.79 Å².